The van der Waals surface area contributed by atoms with Crippen LogP contribution in [0, 0.1) is 0 Å². The first kappa shape index (κ1) is 16.9. The zero-order chi connectivity index (χ0) is 14.8. The van der Waals surface area contributed by atoms with Crippen molar-refractivity contribution in [1.82, 2.24) is 4.98 Å². The predicted octanol–water partition coefficient (Wildman–Crippen LogP) is 1.46. The van der Waals surface area contributed by atoms with Gasteiger partial charge in [-0.15, -0.1) is 0 Å². The van der Waals surface area contributed by atoms with E-state index in [9.17, 15) is 0 Å². The number of rotatable bonds is 10. The van der Waals surface area contributed by atoms with Crippen LogP contribution in [0.1, 0.15) is 18.9 Å². The molecule has 0 aromatic carbocycles. The van der Waals surface area contributed by atoms with Crippen molar-refractivity contribution in [3.05, 3.63) is 23.9 Å². The van der Waals surface area contributed by atoms with Gasteiger partial charge in [-0.3, -0.25) is 0 Å². The van der Waals surface area contributed by atoms with Crippen molar-refractivity contribution in [2.75, 3.05) is 45.4 Å². The average molecular weight is 281 g/mol. The van der Waals surface area contributed by atoms with E-state index in [4.69, 9.17) is 15.2 Å². The highest BCUT2D eigenvalue weighted by atomic mass is 16.5. The minimum atomic E-state index is 0.126. The molecular weight excluding hydrogens is 254 g/mol. The van der Waals surface area contributed by atoms with Gasteiger partial charge in [0.2, 0.25) is 0 Å². The summed E-state index contributed by atoms with van der Waals surface area (Å²) in [5.41, 5.74) is 7.12. The van der Waals surface area contributed by atoms with Gasteiger partial charge in [0.25, 0.3) is 0 Å². The molecule has 5 heteroatoms. The third-order valence-corrected chi connectivity index (χ3v) is 3.05. The minimum absolute atomic E-state index is 0.126. The molecule has 0 fully saturated rings. The molecule has 2 N–H and O–H groups in total. The van der Waals surface area contributed by atoms with Crippen molar-refractivity contribution in [2.45, 2.75) is 25.8 Å². The number of hydrogen-bond donors (Lipinski definition) is 1. The van der Waals surface area contributed by atoms with Gasteiger partial charge < -0.3 is 20.1 Å². The second-order valence-corrected chi connectivity index (χ2v) is 4.99. The van der Waals surface area contributed by atoms with Crippen LogP contribution in [0.25, 0.3) is 0 Å². The quantitative estimate of drug-likeness (QED) is 0.658. The highest BCUT2D eigenvalue weighted by Gasteiger charge is 2.13. The highest BCUT2D eigenvalue weighted by Crippen LogP contribution is 2.18. The summed E-state index contributed by atoms with van der Waals surface area (Å²) in [6.45, 7) is 5.17. The van der Waals surface area contributed by atoms with Crippen LogP contribution in [0.5, 0.6) is 0 Å². The molecule has 1 unspecified atom stereocenters. The van der Waals surface area contributed by atoms with Crippen LogP contribution < -0.4 is 10.6 Å². The van der Waals surface area contributed by atoms with E-state index in [1.165, 1.54) is 5.56 Å². The highest BCUT2D eigenvalue weighted by molar-refractivity contribution is 5.47. The minimum Gasteiger partial charge on any atom is -0.385 e. The summed E-state index contributed by atoms with van der Waals surface area (Å²) in [6, 6.07) is 4.19. The zero-order valence-corrected chi connectivity index (χ0v) is 12.8. The fourth-order valence-electron chi connectivity index (χ4n) is 2.15. The van der Waals surface area contributed by atoms with Crippen molar-refractivity contribution in [2.24, 2.45) is 5.73 Å². The number of nitrogens with zero attached hydrogens (tertiary/aromatic N) is 2. The molecule has 5 nitrogen and oxygen atoms in total. The number of methoxy groups -OCH3 is 2. The Balaban J connectivity index is 2.81. The third-order valence-electron chi connectivity index (χ3n) is 3.05. The fraction of sp³-hybridized carbons (Fsp3) is 0.667. The first-order valence-electron chi connectivity index (χ1n) is 7.11. The molecular formula is C15H27N3O2. The first-order valence-corrected chi connectivity index (χ1v) is 7.11. The number of ether oxygens (including phenoxy) is 2. The molecule has 0 radical (unpaired) electrons. The summed E-state index contributed by atoms with van der Waals surface area (Å²) in [4.78, 5) is 6.79. The van der Waals surface area contributed by atoms with Gasteiger partial charge in [0.1, 0.15) is 5.82 Å². The van der Waals surface area contributed by atoms with Crippen LogP contribution in [0.2, 0.25) is 0 Å². The number of hydrogen-bond acceptors (Lipinski definition) is 5. The Morgan fingerprint density at radius 1 is 1.25 bits per heavy atom. The lowest BCUT2D eigenvalue weighted by Gasteiger charge is -2.26. The Bertz CT molecular complexity index is 372. The Morgan fingerprint density at radius 3 is 2.65 bits per heavy atom. The summed E-state index contributed by atoms with van der Waals surface area (Å²) < 4.78 is 10.3. The van der Waals surface area contributed by atoms with E-state index in [2.05, 4.69) is 16.0 Å². The SMILES string of the molecule is COCCCN(CCOC)c1ncccc1CC(C)N. The maximum atomic E-state index is 5.92. The molecule has 0 bridgehead atoms. The molecule has 0 aliphatic carbocycles. The maximum absolute atomic E-state index is 5.92. The van der Waals surface area contributed by atoms with Crippen LogP contribution in [0.15, 0.2) is 18.3 Å². The van der Waals surface area contributed by atoms with Gasteiger partial charge >= 0.3 is 0 Å². The summed E-state index contributed by atoms with van der Waals surface area (Å²) in [7, 11) is 3.44. The van der Waals surface area contributed by atoms with Crippen molar-refractivity contribution in [1.29, 1.82) is 0 Å². The molecule has 0 saturated carbocycles. The Hall–Kier alpha value is -1.17. The number of nitrogens with two attached hydrogens (primary N) is 1. The van der Waals surface area contributed by atoms with Crippen molar-refractivity contribution in [3.63, 3.8) is 0 Å². The molecule has 1 aromatic heterocycles. The smallest absolute Gasteiger partial charge is 0.131 e. The zero-order valence-electron chi connectivity index (χ0n) is 12.8. The van der Waals surface area contributed by atoms with E-state index < -0.39 is 0 Å². The van der Waals surface area contributed by atoms with Gasteiger partial charge in [-0.25, -0.2) is 4.98 Å². The molecule has 1 heterocycles. The van der Waals surface area contributed by atoms with Crippen LogP contribution in [-0.4, -0.2) is 51.5 Å². The lowest BCUT2D eigenvalue weighted by molar-refractivity contribution is 0.191. The normalized spacial score (nSPS) is 12.4. The van der Waals surface area contributed by atoms with Crippen molar-refractivity contribution >= 4 is 5.82 Å². The predicted molar refractivity (Wildman–Crippen MR) is 82.2 cm³/mol. The molecule has 0 aliphatic heterocycles. The van der Waals surface area contributed by atoms with E-state index in [0.29, 0.717) is 6.61 Å². The van der Waals surface area contributed by atoms with Gasteiger partial charge in [-0.2, -0.15) is 0 Å². The van der Waals surface area contributed by atoms with Gasteiger partial charge in [-0.05, 0) is 31.4 Å². The lowest BCUT2D eigenvalue weighted by atomic mass is 10.1. The van der Waals surface area contributed by atoms with E-state index in [0.717, 1.165) is 38.4 Å². The standard InChI is InChI=1S/C15H27N3O2/c1-13(16)12-14-6-4-7-17-15(14)18(9-11-20-3)8-5-10-19-2/h4,6-7,13H,5,8-12,16H2,1-3H3. The van der Waals surface area contributed by atoms with E-state index in [1.807, 2.05) is 19.2 Å². The lowest BCUT2D eigenvalue weighted by Crippen LogP contribution is -2.31. The van der Waals surface area contributed by atoms with Crippen molar-refractivity contribution < 1.29 is 9.47 Å². The van der Waals surface area contributed by atoms with E-state index >= 15 is 0 Å². The second kappa shape index (κ2) is 9.69. The average Bonchev–Trinajstić information content (AvgIpc) is 2.43. The van der Waals surface area contributed by atoms with Crippen LogP contribution in [0.4, 0.5) is 5.82 Å². The molecule has 1 aromatic rings. The largest absolute Gasteiger partial charge is 0.385 e. The number of anilines is 1. The topological polar surface area (TPSA) is 60.6 Å². The molecule has 0 amide bonds. The molecule has 1 atom stereocenters. The van der Waals surface area contributed by atoms with Gasteiger partial charge in [0.05, 0.1) is 6.61 Å². The molecule has 114 valence electrons. The summed E-state index contributed by atoms with van der Waals surface area (Å²) in [6.07, 6.45) is 3.63. The Morgan fingerprint density at radius 2 is 2.00 bits per heavy atom. The van der Waals surface area contributed by atoms with E-state index in [-0.39, 0.29) is 6.04 Å². The van der Waals surface area contributed by atoms with Gasteiger partial charge in [-0.1, -0.05) is 6.07 Å². The molecule has 1 rings (SSSR count). The summed E-state index contributed by atoms with van der Waals surface area (Å²) >= 11 is 0. The number of pyridine rings is 1. The summed E-state index contributed by atoms with van der Waals surface area (Å²) in [5, 5.41) is 0. The summed E-state index contributed by atoms with van der Waals surface area (Å²) in [5.74, 6) is 1.01. The van der Waals surface area contributed by atoms with Crippen LogP contribution in [0.3, 0.4) is 0 Å². The Labute approximate surface area is 122 Å². The van der Waals surface area contributed by atoms with Gasteiger partial charge in [0, 0.05) is 46.2 Å². The molecule has 0 spiro atoms. The Kier molecular flexibility index (Phi) is 8.18. The van der Waals surface area contributed by atoms with Crippen LogP contribution in [-0.2, 0) is 15.9 Å². The molecule has 0 saturated heterocycles. The van der Waals surface area contributed by atoms with Crippen LogP contribution >= 0.6 is 0 Å². The number of aromatic nitrogens is 1. The van der Waals surface area contributed by atoms with E-state index in [1.54, 1.807) is 14.2 Å². The fourth-order valence-corrected chi connectivity index (χ4v) is 2.15. The molecule has 20 heavy (non-hydrogen) atoms. The third kappa shape index (κ3) is 5.86. The monoisotopic (exact) mass is 281 g/mol. The maximum Gasteiger partial charge on any atom is 0.131 e. The second-order valence-electron chi connectivity index (χ2n) is 4.99. The first-order chi connectivity index (χ1) is 9.69. The molecule has 0 aliphatic rings. The van der Waals surface area contributed by atoms with Crippen molar-refractivity contribution in [3.8, 4) is 0 Å². The van der Waals surface area contributed by atoms with Gasteiger partial charge in [0.15, 0.2) is 0 Å².